The molecule has 2 heterocycles. The van der Waals surface area contributed by atoms with Gasteiger partial charge in [0, 0.05) is 25.7 Å². The molecule has 0 radical (unpaired) electrons. The molecule has 0 saturated carbocycles. The van der Waals surface area contributed by atoms with E-state index in [0.29, 0.717) is 37.6 Å². The van der Waals surface area contributed by atoms with Gasteiger partial charge in [-0.05, 0) is 66.2 Å². The molecule has 2 amide bonds. The van der Waals surface area contributed by atoms with Gasteiger partial charge in [-0.3, -0.25) is 4.79 Å². The van der Waals surface area contributed by atoms with Crippen LogP contribution in [0.5, 0.6) is 11.5 Å². The Bertz CT molecular complexity index is 1060. The van der Waals surface area contributed by atoms with Crippen molar-refractivity contribution >= 4 is 17.8 Å². The van der Waals surface area contributed by atoms with Gasteiger partial charge >= 0.3 is 6.09 Å². The van der Waals surface area contributed by atoms with E-state index in [4.69, 9.17) is 9.47 Å². The molecule has 2 aromatic rings. The number of alkyl carbamates (subject to hydrolysis) is 1. The third kappa shape index (κ3) is 6.80. The van der Waals surface area contributed by atoms with E-state index in [-0.39, 0.29) is 29.3 Å². The van der Waals surface area contributed by atoms with Crippen LogP contribution in [0.1, 0.15) is 58.3 Å². The highest BCUT2D eigenvalue weighted by Gasteiger charge is 2.29. The topological polar surface area (TPSA) is 96.9 Å². The van der Waals surface area contributed by atoms with E-state index in [1.807, 2.05) is 46.4 Å². The van der Waals surface area contributed by atoms with Crippen LogP contribution in [0.25, 0.3) is 0 Å². The van der Waals surface area contributed by atoms with Gasteiger partial charge in [0.1, 0.15) is 23.5 Å². The van der Waals surface area contributed by atoms with Gasteiger partial charge in [0.15, 0.2) is 11.6 Å². The number of anilines is 1. The first-order valence-electron chi connectivity index (χ1n) is 11.8. The summed E-state index contributed by atoms with van der Waals surface area (Å²) in [5, 5.41) is 2.89. The lowest BCUT2D eigenvalue weighted by Gasteiger charge is -2.26. The van der Waals surface area contributed by atoms with Crippen LogP contribution in [0, 0.1) is 5.82 Å². The molecular weight excluding hydrogens is 453 g/mol. The summed E-state index contributed by atoms with van der Waals surface area (Å²) < 4.78 is 25.5. The predicted molar refractivity (Wildman–Crippen MR) is 130 cm³/mol. The molecule has 190 valence electrons. The van der Waals surface area contributed by atoms with Crippen LogP contribution in [0.4, 0.5) is 15.0 Å². The number of aromatic nitrogens is 2. The first-order valence-corrected chi connectivity index (χ1v) is 11.8. The van der Waals surface area contributed by atoms with Crippen molar-refractivity contribution in [3.8, 4) is 11.5 Å². The summed E-state index contributed by atoms with van der Waals surface area (Å²) in [5.41, 5.74) is -0.454. The van der Waals surface area contributed by atoms with Gasteiger partial charge in [-0.25, -0.2) is 19.2 Å². The number of rotatable bonds is 7. The fourth-order valence-electron chi connectivity index (χ4n) is 3.94. The molecule has 1 aromatic heterocycles. The molecule has 1 aromatic carbocycles. The second-order valence-electron chi connectivity index (χ2n) is 9.72. The van der Waals surface area contributed by atoms with Crippen molar-refractivity contribution in [3.05, 3.63) is 42.1 Å². The van der Waals surface area contributed by atoms with E-state index in [1.54, 1.807) is 4.90 Å². The lowest BCUT2D eigenvalue weighted by atomic mass is 10.1. The van der Waals surface area contributed by atoms with E-state index in [9.17, 15) is 14.0 Å². The zero-order valence-electron chi connectivity index (χ0n) is 21.2. The molecule has 10 heteroatoms. The van der Waals surface area contributed by atoms with Gasteiger partial charge in [-0.2, -0.15) is 0 Å². The molecule has 0 bridgehead atoms. The SMILES string of the molecule is CCN(C(=O)c1cc(F)ccc1Oc1cncnc1N1CC[C@@H](NC(=O)OC(C)(C)C)C1)C(C)C. The minimum atomic E-state index is -0.580. The number of hydrogen-bond acceptors (Lipinski definition) is 7. The highest BCUT2D eigenvalue weighted by atomic mass is 19.1. The van der Waals surface area contributed by atoms with E-state index in [2.05, 4.69) is 15.3 Å². The summed E-state index contributed by atoms with van der Waals surface area (Å²) in [6, 6.07) is 3.68. The van der Waals surface area contributed by atoms with Crippen molar-refractivity contribution in [3.63, 3.8) is 0 Å². The van der Waals surface area contributed by atoms with Gasteiger partial charge in [0.05, 0.1) is 17.8 Å². The standard InChI is InChI=1S/C25H34FN5O4/c1-7-31(16(2)3)23(32)19-12-17(26)8-9-20(19)34-21-13-27-15-28-22(21)30-11-10-18(14-30)29-24(33)35-25(4,5)6/h8-9,12-13,15-16,18H,7,10-11,14H2,1-6H3,(H,29,33)/t18-/m1/s1. The van der Waals surface area contributed by atoms with E-state index >= 15 is 0 Å². The smallest absolute Gasteiger partial charge is 0.407 e. The first kappa shape index (κ1) is 26.2. The number of carbonyl (C=O) groups is 2. The van der Waals surface area contributed by atoms with Crippen molar-refractivity contribution in [2.24, 2.45) is 0 Å². The van der Waals surface area contributed by atoms with Gasteiger partial charge in [0.2, 0.25) is 0 Å². The Balaban J connectivity index is 1.80. The monoisotopic (exact) mass is 487 g/mol. The van der Waals surface area contributed by atoms with E-state index in [0.717, 1.165) is 0 Å². The summed E-state index contributed by atoms with van der Waals surface area (Å²) in [7, 11) is 0. The van der Waals surface area contributed by atoms with Gasteiger partial charge in [-0.15, -0.1) is 0 Å². The maximum atomic E-state index is 14.1. The van der Waals surface area contributed by atoms with Crippen LogP contribution < -0.4 is 15.0 Å². The van der Waals surface area contributed by atoms with Crippen LogP contribution in [-0.2, 0) is 4.74 Å². The van der Waals surface area contributed by atoms with Gasteiger partial charge in [0.25, 0.3) is 5.91 Å². The molecule has 1 aliphatic heterocycles. The minimum absolute atomic E-state index is 0.0572. The van der Waals surface area contributed by atoms with Crippen LogP contribution >= 0.6 is 0 Å². The second-order valence-corrected chi connectivity index (χ2v) is 9.72. The number of carbonyl (C=O) groups excluding carboxylic acids is 2. The zero-order valence-corrected chi connectivity index (χ0v) is 21.2. The van der Waals surface area contributed by atoms with Gasteiger partial charge < -0.3 is 24.6 Å². The lowest BCUT2D eigenvalue weighted by Crippen LogP contribution is -2.40. The Morgan fingerprint density at radius 2 is 2.03 bits per heavy atom. The Labute approximate surface area is 205 Å². The molecule has 0 unspecified atom stereocenters. The van der Waals surface area contributed by atoms with E-state index in [1.165, 1.54) is 30.7 Å². The number of halogens is 1. The molecule has 1 atom stereocenters. The maximum Gasteiger partial charge on any atom is 0.407 e. The Hall–Kier alpha value is -3.43. The molecule has 3 rings (SSSR count). The lowest BCUT2D eigenvalue weighted by molar-refractivity contribution is 0.0508. The summed E-state index contributed by atoms with van der Waals surface area (Å²) in [5.74, 6) is 0.221. The number of amides is 2. The van der Waals surface area contributed by atoms with Crippen LogP contribution in [-0.4, -0.2) is 64.2 Å². The molecule has 1 aliphatic rings. The van der Waals surface area contributed by atoms with Crippen LogP contribution in [0.2, 0.25) is 0 Å². The molecule has 1 fully saturated rings. The third-order valence-electron chi connectivity index (χ3n) is 5.48. The largest absolute Gasteiger partial charge is 0.451 e. The van der Waals surface area contributed by atoms with Crippen LogP contribution in [0.3, 0.4) is 0 Å². The Morgan fingerprint density at radius 3 is 2.69 bits per heavy atom. The molecule has 35 heavy (non-hydrogen) atoms. The average molecular weight is 488 g/mol. The van der Waals surface area contributed by atoms with Crippen LogP contribution in [0.15, 0.2) is 30.7 Å². The second kappa shape index (κ2) is 10.9. The fourth-order valence-corrected chi connectivity index (χ4v) is 3.94. The highest BCUT2D eigenvalue weighted by molar-refractivity contribution is 5.97. The van der Waals surface area contributed by atoms with Crippen molar-refractivity contribution in [1.82, 2.24) is 20.2 Å². The van der Waals surface area contributed by atoms with Crippen molar-refractivity contribution in [1.29, 1.82) is 0 Å². The average Bonchev–Trinajstić information content (AvgIpc) is 3.22. The molecule has 9 nitrogen and oxygen atoms in total. The zero-order chi connectivity index (χ0) is 25.8. The minimum Gasteiger partial charge on any atom is -0.451 e. The summed E-state index contributed by atoms with van der Waals surface area (Å²) in [6.07, 6.45) is 3.14. The molecular formula is C25H34FN5O4. The summed E-state index contributed by atoms with van der Waals surface area (Å²) in [4.78, 5) is 37.4. The number of hydrogen-bond donors (Lipinski definition) is 1. The first-order chi connectivity index (χ1) is 16.5. The third-order valence-corrected chi connectivity index (χ3v) is 5.48. The normalized spacial score (nSPS) is 15.8. The number of benzene rings is 1. The van der Waals surface area contributed by atoms with Crippen molar-refractivity contribution in [2.45, 2.75) is 65.6 Å². The predicted octanol–water partition coefficient (Wildman–Crippen LogP) is 4.38. The van der Waals surface area contributed by atoms with Crippen molar-refractivity contribution in [2.75, 3.05) is 24.5 Å². The van der Waals surface area contributed by atoms with E-state index < -0.39 is 17.5 Å². The van der Waals surface area contributed by atoms with Crippen molar-refractivity contribution < 1.29 is 23.5 Å². The number of nitrogens with one attached hydrogen (secondary N) is 1. The Morgan fingerprint density at radius 1 is 1.29 bits per heavy atom. The fraction of sp³-hybridized carbons (Fsp3) is 0.520. The number of ether oxygens (including phenoxy) is 2. The summed E-state index contributed by atoms with van der Waals surface area (Å²) >= 11 is 0. The van der Waals surface area contributed by atoms with Gasteiger partial charge in [-0.1, -0.05) is 0 Å². The number of nitrogens with zero attached hydrogens (tertiary/aromatic N) is 4. The quantitative estimate of drug-likeness (QED) is 0.619. The maximum absolute atomic E-state index is 14.1. The summed E-state index contributed by atoms with van der Waals surface area (Å²) in [6.45, 7) is 12.7. The molecule has 1 saturated heterocycles. The highest BCUT2D eigenvalue weighted by Crippen LogP contribution is 2.34. The molecule has 1 N–H and O–H groups in total. The Kier molecular flexibility index (Phi) is 8.14. The molecule has 0 aliphatic carbocycles. The molecule has 0 spiro atoms.